The molecule has 1 aliphatic rings. The Hall–Kier alpha value is -1.51. The summed E-state index contributed by atoms with van der Waals surface area (Å²) in [7, 11) is 0. The molecular formula is C13H18N2O. The summed E-state index contributed by atoms with van der Waals surface area (Å²) in [6.07, 6.45) is 3.49. The Labute approximate surface area is 96.2 Å². The van der Waals surface area contributed by atoms with Crippen molar-refractivity contribution < 1.29 is 4.79 Å². The van der Waals surface area contributed by atoms with E-state index in [2.05, 4.69) is 0 Å². The number of anilines is 1. The van der Waals surface area contributed by atoms with Crippen LogP contribution in [0.15, 0.2) is 18.2 Å². The molecule has 0 spiro atoms. The van der Waals surface area contributed by atoms with Gasteiger partial charge in [0, 0.05) is 24.3 Å². The molecule has 1 aromatic carbocycles. The third-order valence-electron chi connectivity index (χ3n) is 3.12. The van der Waals surface area contributed by atoms with Crippen LogP contribution in [0.2, 0.25) is 0 Å². The predicted molar refractivity (Wildman–Crippen MR) is 65.3 cm³/mol. The number of nitrogen functional groups attached to an aromatic ring is 1. The fourth-order valence-electron chi connectivity index (χ4n) is 2.19. The highest BCUT2D eigenvalue weighted by molar-refractivity contribution is 5.96. The van der Waals surface area contributed by atoms with Gasteiger partial charge >= 0.3 is 0 Å². The summed E-state index contributed by atoms with van der Waals surface area (Å²) in [5.74, 6) is 0.150. The largest absolute Gasteiger partial charge is 0.399 e. The highest BCUT2D eigenvalue weighted by atomic mass is 16.2. The minimum atomic E-state index is 0.150. The molecule has 0 radical (unpaired) electrons. The zero-order valence-electron chi connectivity index (χ0n) is 9.70. The van der Waals surface area contributed by atoms with Crippen LogP contribution in [-0.4, -0.2) is 23.9 Å². The zero-order chi connectivity index (χ0) is 11.5. The summed E-state index contributed by atoms with van der Waals surface area (Å²) in [5.41, 5.74) is 8.15. The Morgan fingerprint density at radius 3 is 2.56 bits per heavy atom. The maximum absolute atomic E-state index is 12.2. The van der Waals surface area contributed by atoms with E-state index >= 15 is 0 Å². The van der Waals surface area contributed by atoms with Gasteiger partial charge in [-0.15, -0.1) is 0 Å². The first-order valence-corrected chi connectivity index (χ1v) is 5.84. The first kappa shape index (κ1) is 11.0. The van der Waals surface area contributed by atoms with E-state index in [-0.39, 0.29) is 5.91 Å². The predicted octanol–water partition coefficient (Wildman–Crippen LogP) is 2.20. The van der Waals surface area contributed by atoms with Crippen LogP contribution in [0.25, 0.3) is 0 Å². The van der Waals surface area contributed by atoms with Gasteiger partial charge in [-0.3, -0.25) is 4.79 Å². The van der Waals surface area contributed by atoms with Gasteiger partial charge < -0.3 is 10.6 Å². The van der Waals surface area contributed by atoms with Gasteiger partial charge in [-0.05, 0) is 49.9 Å². The fourth-order valence-corrected chi connectivity index (χ4v) is 2.19. The summed E-state index contributed by atoms with van der Waals surface area (Å²) in [6, 6.07) is 5.49. The van der Waals surface area contributed by atoms with Crippen molar-refractivity contribution in [3.05, 3.63) is 29.3 Å². The molecule has 0 unspecified atom stereocenters. The lowest BCUT2D eigenvalue weighted by Gasteiger charge is -2.27. The van der Waals surface area contributed by atoms with Crippen LogP contribution < -0.4 is 5.73 Å². The number of hydrogen-bond donors (Lipinski definition) is 1. The first-order valence-electron chi connectivity index (χ1n) is 5.84. The smallest absolute Gasteiger partial charge is 0.254 e. The van der Waals surface area contributed by atoms with E-state index in [1.807, 2.05) is 24.0 Å². The number of aryl methyl sites for hydroxylation is 1. The number of nitrogens with zero attached hydrogens (tertiary/aromatic N) is 1. The highest BCUT2D eigenvalue weighted by Gasteiger charge is 2.19. The van der Waals surface area contributed by atoms with Crippen molar-refractivity contribution in [3.63, 3.8) is 0 Å². The summed E-state index contributed by atoms with van der Waals surface area (Å²) < 4.78 is 0. The standard InChI is InChI=1S/C13H18N2O/c1-10-9-11(14)5-6-12(10)13(16)15-7-3-2-4-8-15/h5-6,9H,2-4,7-8,14H2,1H3. The Morgan fingerprint density at radius 2 is 1.94 bits per heavy atom. The molecule has 3 nitrogen and oxygen atoms in total. The molecule has 2 rings (SSSR count). The number of likely N-dealkylation sites (tertiary alicyclic amines) is 1. The van der Waals surface area contributed by atoms with Gasteiger partial charge in [-0.25, -0.2) is 0 Å². The number of piperidine rings is 1. The van der Waals surface area contributed by atoms with Crippen LogP contribution in [0.5, 0.6) is 0 Å². The molecule has 2 N–H and O–H groups in total. The molecule has 0 bridgehead atoms. The normalized spacial score (nSPS) is 16.2. The van der Waals surface area contributed by atoms with Gasteiger partial charge in [0.1, 0.15) is 0 Å². The van der Waals surface area contributed by atoms with Crippen LogP contribution in [0.3, 0.4) is 0 Å². The molecule has 1 aliphatic heterocycles. The van der Waals surface area contributed by atoms with Crippen molar-refractivity contribution in [2.75, 3.05) is 18.8 Å². The Kier molecular flexibility index (Phi) is 3.13. The van der Waals surface area contributed by atoms with Gasteiger partial charge in [0.15, 0.2) is 0 Å². The van der Waals surface area contributed by atoms with Crippen molar-refractivity contribution >= 4 is 11.6 Å². The lowest BCUT2D eigenvalue weighted by atomic mass is 10.0. The molecular weight excluding hydrogens is 200 g/mol. The van der Waals surface area contributed by atoms with Crippen LogP contribution in [0.4, 0.5) is 5.69 Å². The summed E-state index contributed by atoms with van der Waals surface area (Å²) in [5, 5.41) is 0. The molecule has 0 aromatic heterocycles. The number of carbonyl (C=O) groups is 1. The van der Waals surface area contributed by atoms with Crippen LogP contribution in [0.1, 0.15) is 35.2 Å². The van der Waals surface area contributed by atoms with E-state index in [1.165, 1.54) is 6.42 Å². The summed E-state index contributed by atoms with van der Waals surface area (Å²) in [4.78, 5) is 14.2. The highest BCUT2D eigenvalue weighted by Crippen LogP contribution is 2.17. The van der Waals surface area contributed by atoms with Gasteiger partial charge in [0.25, 0.3) is 5.91 Å². The monoisotopic (exact) mass is 218 g/mol. The number of amides is 1. The second-order valence-corrected chi connectivity index (χ2v) is 4.43. The third-order valence-corrected chi connectivity index (χ3v) is 3.12. The minimum Gasteiger partial charge on any atom is -0.399 e. The number of nitrogens with two attached hydrogens (primary N) is 1. The second-order valence-electron chi connectivity index (χ2n) is 4.43. The van der Waals surface area contributed by atoms with Crippen molar-refractivity contribution in [2.24, 2.45) is 0 Å². The summed E-state index contributed by atoms with van der Waals surface area (Å²) in [6.45, 7) is 3.72. The van der Waals surface area contributed by atoms with Crippen LogP contribution in [-0.2, 0) is 0 Å². The number of hydrogen-bond acceptors (Lipinski definition) is 2. The van der Waals surface area contributed by atoms with Gasteiger partial charge in [-0.2, -0.15) is 0 Å². The van der Waals surface area contributed by atoms with E-state index in [4.69, 9.17) is 5.73 Å². The maximum atomic E-state index is 12.2. The molecule has 1 fully saturated rings. The second kappa shape index (κ2) is 4.56. The molecule has 1 aromatic rings. The van der Waals surface area contributed by atoms with E-state index in [0.717, 1.165) is 37.1 Å². The number of carbonyl (C=O) groups excluding carboxylic acids is 1. The SMILES string of the molecule is Cc1cc(N)ccc1C(=O)N1CCCCC1. The Morgan fingerprint density at radius 1 is 1.25 bits per heavy atom. The fraction of sp³-hybridized carbons (Fsp3) is 0.462. The topological polar surface area (TPSA) is 46.3 Å². The number of rotatable bonds is 1. The van der Waals surface area contributed by atoms with Gasteiger partial charge in [0.2, 0.25) is 0 Å². The molecule has 1 heterocycles. The minimum absolute atomic E-state index is 0.150. The van der Waals surface area contributed by atoms with Crippen molar-refractivity contribution in [3.8, 4) is 0 Å². The lowest BCUT2D eigenvalue weighted by Crippen LogP contribution is -2.35. The zero-order valence-corrected chi connectivity index (χ0v) is 9.70. The molecule has 0 saturated carbocycles. The van der Waals surface area contributed by atoms with Gasteiger partial charge in [-0.1, -0.05) is 0 Å². The molecule has 1 saturated heterocycles. The first-order chi connectivity index (χ1) is 7.68. The Balaban J connectivity index is 2.19. The quantitative estimate of drug-likeness (QED) is 0.734. The average Bonchev–Trinajstić information content (AvgIpc) is 2.29. The molecule has 0 atom stereocenters. The van der Waals surface area contributed by atoms with Crippen LogP contribution in [0, 0.1) is 6.92 Å². The van der Waals surface area contributed by atoms with Gasteiger partial charge in [0.05, 0.1) is 0 Å². The van der Waals surface area contributed by atoms with E-state index in [1.54, 1.807) is 6.07 Å². The average molecular weight is 218 g/mol. The van der Waals surface area contributed by atoms with E-state index in [9.17, 15) is 4.79 Å². The van der Waals surface area contributed by atoms with E-state index < -0.39 is 0 Å². The van der Waals surface area contributed by atoms with Crippen molar-refractivity contribution in [1.29, 1.82) is 0 Å². The van der Waals surface area contributed by atoms with Crippen molar-refractivity contribution in [2.45, 2.75) is 26.2 Å². The molecule has 86 valence electrons. The maximum Gasteiger partial charge on any atom is 0.254 e. The Bertz CT molecular complexity index is 395. The van der Waals surface area contributed by atoms with E-state index in [0.29, 0.717) is 5.69 Å². The third kappa shape index (κ3) is 2.18. The number of benzene rings is 1. The van der Waals surface area contributed by atoms with Crippen molar-refractivity contribution in [1.82, 2.24) is 4.90 Å². The molecule has 3 heteroatoms. The lowest BCUT2D eigenvalue weighted by molar-refractivity contribution is 0.0723. The molecule has 1 amide bonds. The summed E-state index contributed by atoms with van der Waals surface area (Å²) >= 11 is 0. The molecule has 0 aliphatic carbocycles. The molecule has 16 heavy (non-hydrogen) atoms. The van der Waals surface area contributed by atoms with Crippen LogP contribution >= 0.6 is 0 Å².